The van der Waals surface area contributed by atoms with E-state index in [2.05, 4.69) is 4.98 Å². The minimum Gasteiger partial charge on any atom is -0.505 e. The quantitative estimate of drug-likeness (QED) is 0.437. The molecule has 0 aromatic rings. The van der Waals surface area contributed by atoms with Gasteiger partial charge in [-0.25, -0.2) is 0 Å². The number of nitrogens with one attached hydrogen (secondary N) is 1. The molecule has 0 atom stereocenters. The Morgan fingerprint density at radius 2 is 2.06 bits per heavy atom. The van der Waals surface area contributed by atoms with E-state index in [4.69, 9.17) is 10.5 Å². The minimum atomic E-state index is -4.86. The lowest BCUT2D eigenvalue weighted by Gasteiger charge is -2.06. The highest BCUT2D eigenvalue weighted by molar-refractivity contribution is 5.81. The molecule has 1 amide bonds. The highest BCUT2D eigenvalue weighted by atomic mass is 19.4. The zero-order chi connectivity index (χ0) is 12.6. The Bertz CT molecular complexity index is 307. The summed E-state index contributed by atoms with van der Waals surface area (Å²) in [7, 11) is 0. The molecule has 0 rings (SSSR count). The number of hydrogen-bond acceptors (Lipinski definition) is 3. The van der Waals surface area contributed by atoms with Gasteiger partial charge in [0.25, 0.3) is 0 Å². The molecule has 0 aliphatic heterocycles. The number of carbonyl (C=O) groups excluding carboxylic acids is 1. The Balaban J connectivity index is 3.60. The normalized spacial score (nSPS) is 12.0. The van der Waals surface area contributed by atoms with Crippen LogP contribution < -0.4 is 5.32 Å². The zero-order valence-corrected chi connectivity index (χ0v) is 8.29. The van der Waals surface area contributed by atoms with Gasteiger partial charge in [-0.15, -0.1) is 0 Å². The van der Waals surface area contributed by atoms with Gasteiger partial charge in [0.15, 0.2) is 10.7 Å². The van der Waals surface area contributed by atoms with Crippen LogP contribution in [0.3, 0.4) is 0 Å². The summed E-state index contributed by atoms with van der Waals surface area (Å²) in [4.78, 5) is 12.9. The number of diazo groups is 1. The molecule has 5 nitrogen and oxygen atoms in total. The van der Waals surface area contributed by atoms with Crippen molar-refractivity contribution in [1.82, 2.24) is 5.32 Å². The molecule has 0 aromatic carbocycles. The predicted molar refractivity (Wildman–Crippen MR) is 48.7 cm³/mol. The van der Waals surface area contributed by atoms with Crippen LogP contribution in [0.2, 0.25) is 0 Å². The number of nitrogens with zero attached hydrogens (tertiary/aromatic N) is 2. The summed E-state index contributed by atoms with van der Waals surface area (Å²) in [6.07, 6.45) is -3.21. The van der Waals surface area contributed by atoms with Crippen molar-refractivity contribution in [2.45, 2.75) is 25.4 Å². The number of rotatable bonds is 5. The molecule has 0 radical (unpaired) electrons. The number of aliphatic hydroxyl groups excluding tert-OH is 1. The molecule has 0 bridgehead atoms. The summed E-state index contributed by atoms with van der Waals surface area (Å²) in [5.74, 6) is -2.15. The fraction of sp³-hybridized carbons (Fsp3) is 0.625. The second kappa shape index (κ2) is 6.66. The first kappa shape index (κ1) is 14.2. The third kappa shape index (κ3) is 6.64. The third-order valence-corrected chi connectivity index (χ3v) is 1.61. The molecule has 0 aromatic heterocycles. The van der Waals surface area contributed by atoms with Gasteiger partial charge in [-0.3, -0.25) is 4.79 Å². The summed E-state index contributed by atoms with van der Waals surface area (Å²) >= 11 is 0. The SMILES string of the molecule is N#[N+]/C=C(/O)CCCCNC(=O)C(F)(F)F. The van der Waals surface area contributed by atoms with Crippen LogP contribution in [-0.2, 0) is 4.79 Å². The molecule has 0 fully saturated rings. The van der Waals surface area contributed by atoms with Gasteiger partial charge < -0.3 is 10.4 Å². The molecule has 0 spiro atoms. The van der Waals surface area contributed by atoms with E-state index in [-0.39, 0.29) is 25.1 Å². The van der Waals surface area contributed by atoms with Crippen molar-refractivity contribution in [2.24, 2.45) is 0 Å². The van der Waals surface area contributed by atoms with Crippen molar-refractivity contribution < 1.29 is 23.1 Å². The van der Waals surface area contributed by atoms with Crippen LogP contribution in [-0.4, -0.2) is 23.7 Å². The van der Waals surface area contributed by atoms with Gasteiger partial charge in [0.2, 0.25) is 5.39 Å². The van der Waals surface area contributed by atoms with Crippen molar-refractivity contribution in [1.29, 1.82) is 5.39 Å². The Kier molecular flexibility index (Phi) is 5.92. The average molecular weight is 238 g/mol. The van der Waals surface area contributed by atoms with Gasteiger partial charge in [-0.2, -0.15) is 13.2 Å². The number of amides is 1. The van der Waals surface area contributed by atoms with Crippen LogP contribution in [0.5, 0.6) is 0 Å². The highest BCUT2D eigenvalue weighted by Crippen LogP contribution is 2.14. The highest BCUT2D eigenvalue weighted by Gasteiger charge is 2.38. The first-order valence-corrected chi connectivity index (χ1v) is 4.45. The van der Waals surface area contributed by atoms with Crippen molar-refractivity contribution in [3.05, 3.63) is 16.9 Å². The second-order valence-corrected chi connectivity index (χ2v) is 2.95. The van der Waals surface area contributed by atoms with E-state index in [9.17, 15) is 18.0 Å². The number of unbranched alkanes of at least 4 members (excludes halogenated alkanes) is 1. The topological polar surface area (TPSA) is 77.5 Å². The molecule has 90 valence electrons. The lowest BCUT2D eigenvalue weighted by molar-refractivity contribution is -0.173. The fourth-order valence-electron chi connectivity index (χ4n) is 0.864. The molecule has 0 unspecified atom stereocenters. The van der Waals surface area contributed by atoms with E-state index in [1.807, 2.05) is 0 Å². The van der Waals surface area contributed by atoms with Crippen molar-refractivity contribution in [3.63, 3.8) is 0 Å². The molecule has 8 heteroatoms. The van der Waals surface area contributed by atoms with E-state index in [0.717, 1.165) is 6.20 Å². The molecular weight excluding hydrogens is 227 g/mol. The maximum Gasteiger partial charge on any atom is 0.471 e. The molecule has 0 heterocycles. The molecule has 0 aliphatic carbocycles. The van der Waals surface area contributed by atoms with E-state index in [0.29, 0.717) is 6.42 Å². The monoisotopic (exact) mass is 238 g/mol. The lowest BCUT2D eigenvalue weighted by atomic mass is 10.2. The van der Waals surface area contributed by atoms with Crippen LogP contribution in [0.4, 0.5) is 13.2 Å². The number of hydrogen-bond donors (Lipinski definition) is 2. The number of halogens is 3. The van der Waals surface area contributed by atoms with Crippen LogP contribution in [0.1, 0.15) is 19.3 Å². The van der Waals surface area contributed by atoms with Gasteiger partial charge in [-0.1, -0.05) is 0 Å². The molecule has 2 N–H and O–H groups in total. The maximum absolute atomic E-state index is 11.7. The smallest absolute Gasteiger partial charge is 0.471 e. The Hall–Kier alpha value is -1.78. The summed E-state index contributed by atoms with van der Waals surface area (Å²) < 4.78 is 35.1. The number of carbonyl (C=O) groups is 1. The predicted octanol–water partition coefficient (Wildman–Crippen LogP) is 2.09. The van der Waals surface area contributed by atoms with Crippen LogP contribution >= 0.6 is 0 Å². The van der Waals surface area contributed by atoms with Gasteiger partial charge in [0, 0.05) is 13.0 Å². The summed E-state index contributed by atoms with van der Waals surface area (Å²) in [6, 6.07) is 0. The van der Waals surface area contributed by atoms with Gasteiger partial charge in [0.05, 0.1) is 0 Å². The first-order chi connectivity index (χ1) is 7.38. The number of allylic oxidation sites excluding steroid dienone is 1. The van der Waals surface area contributed by atoms with Crippen molar-refractivity contribution in [2.75, 3.05) is 6.54 Å². The number of aliphatic hydroxyl groups is 1. The Labute approximate surface area is 89.6 Å². The van der Waals surface area contributed by atoms with Crippen LogP contribution in [0.15, 0.2) is 12.0 Å². The van der Waals surface area contributed by atoms with E-state index in [1.54, 1.807) is 5.32 Å². The van der Waals surface area contributed by atoms with Crippen LogP contribution in [0, 0.1) is 5.39 Å². The third-order valence-electron chi connectivity index (χ3n) is 1.61. The number of alkyl halides is 3. The summed E-state index contributed by atoms with van der Waals surface area (Å²) in [6.45, 7) is -0.123. The zero-order valence-electron chi connectivity index (χ0n) is 8.29. The van der Waals surface area contributed by atoms with Gasteiger partial charge in [-0.05, 0) is 12.8 Å². The minimum absolute atomic E-state index is 0.123. The van der Waals surface area contributed by atoms with Crippen molar-refractivity contribution >= 4 is 5.91 Å². The maximum atomic E-state index is 11.7. The van der Waals surface area contributed by atoms with Crippen molar-refractivity contribution in [3.8, 4) is 0 Å². The standard InChI is InChI=1S/C8H10F3N3O2/c9-8(10,11)7(16)13-4-2-1-3-6(15)5-14-12/h5H,1-4H2,(H-,13,15,16)/p+1/b6-5+. The summed E-state index contributed by atoms with van der Waals surface area (Å²) in [5.41, 5.74) is 0. The molecular formula is C8H11F3N3O2+. The van der Waals surface area contributed by atoms with E-state index in [1.165, 1.54) is 0 Å². The molecule has 16 heavy (non-hydrogen) atoms. The molecule has 0 aliphatic rings. The van der Waals surface area contributed by atoms with E-state index < -0.39 is 12.1 Å². The van der Waals surface area contributed by atoms with E-state index >= 15 is 0 Å². The second-order valence-electron chi connectivity index (χ2n) is 2.95. The Morgan fingerprint density at radius 3 is 2.56 bits per heavy atom. The molecule has 0 saturated heterocycles. The average Bonchev–Trinajstić information content (AvgIpc) is 2.16. The van der Waals surface area contributed by atoms with Crippen LogP contribution in [0.25, 0.3) is 4.98 Å². The molecule has 0 saturated carbocycles. The largest absolute Gasteiger partial charge is 0.505 e. The summed E-state index contributed by atoms with van der Waals surface area (Å²) in [5, 5.41) is 18.6. The first-order valence-electron chi connectivity index (χ1n) is 4.45. The van der Waals surface area contributed by atoms with Gasteiger partial charge >= 0.3 is 18.3 Å². The fourth-order valence-corrected chi connectivity index (χ4v) is 0.864. The Morgan fingerprint density at radius 1 is 1.44 bits per heavy atom. The van der Waals surface area contributed by atoms with Gasteiger partial charge in [0.1, 0.15) is 0 Å². The lowest BCUT2D eigenvalue weighted by Crippen LogP contribution is -2.37.